The first-order valence-corrected chi connectivity index (χ1v) is 9.02. The van der Waals surface area contributed by atoms with Crippen molar-refractivity contribution in [1.29, 1.82) is 0 Å². The number of ether oxygens (including phenoxy) is 1. The summed E-state index contributed by atoms with van der Waals surface area (Å²) >= 11 is 1.15. The van der Waals surface area contributed by atoms with E-state index in [0.29, 0.717) is 15.4 Å². The van der Waals surface area contributed by atoms with Crippen molar-refractivity contribution in [3.63, 3.8) is 0 Å². The third-order valence-corrected chi connectivity index (χ3v) is 5.20. The standard InChI is InChI=1S/C20H16F3NO3S/c1-27-15(25)11-24-19-16(13-8-5-9-14(10-13)20(21,22)23)17(26)18(28-19)12-6-3-2-4-7-12/h2-10,24,26H,11H2,1H3. The van der Waals surface area contributed by atoms with E-state index in [0.717, 1.165) is 23.5 Å². The summed E-state index contributed by atoms with van der Waals surface area (Å²) in [6.07, 6.45) is -4.51. The molecule has 2 N–H and O–H groups in total. The average Bonchev–Trinajstić information content (AvgIpc) is 3.02. The molecule has 0 unspecified atom stereocenters. The Labute approximate surface area is 163 Å². The van der Waals surface area contributed by atoms with Crippen LogP contribution in [0.25, 0.3) is 21.6 Å². The summed E-state index contributed by atoms with van der Waals surface area (Å²) in [6, 6.07) is 13.7. The number of carbonyl (C=O) groups excluding carboxylic acids is 1. The number of hydrogen-bond donors (Lipinski definition) is 2. The minimum absolute atomic E-state index is 0.150. The van der Waals surface area contributed by atoms with Crippen molar-refractivity contribution in [1.82, 2.24) is 0 Å². The number of hydrogen-bond acceptors (Lipinski definition) is 5. The zero-order valence-electron chi connectivity index (χ0n) is 14.7. The third kappa shape index (κ3) is 4.12. The Kier molecular flexibility index (Phi) is 5.60. The number of benzene rings is 2. The Morgan fingerprint density at radius 2 is 1.79 bits per heavy atom. The van der Waals surface area contributed by atoms with Crippen molar-refractivity contribution >= 4 is 22.3 Å². The van der Waals surface area contributed by atoms with Crippen LogP contribution in [0.15, 0.2) is 54.6 Å². The van der Waals surface area contributed by atoms with E-state index in [9.17, 15) is 23.1 Å². The van der Waals surface area contributed by atoms with Crippen molar-refractivity contribution in [2.75, 3.05) is 19.0 Å². The first-order chi connectivity index (χ1) is 13.3. The SMILES string of the molecule is COC(=O)CNc1sc(-c2ccccc2)c(O)c1-c1cccc(C(F)(F)F)c1. The Bertz CT molecular complexity index is 984. The van der Waals surface area contributed by atoms with Gasteiger partial charge in [-0.05, 0) is 23.3 Å². The fourth-order valence-corrected chi connectivity index (χ4v) is 3.79. The van der Waals surface area contributed by atoms with E-state index >= 15 is 0 Å². The molecule has 8 heteroatoms. The first kappa shape index (κ1) is 19.8. The minimum atomic E-state index is -4.51. The average molecular weight is 407 g/mol. The number of nitrogens with one attached hydrogen (secondary N) is 1. The van der Waals surface area contributed by atoms with E-state index in [2.05, 4.69) is 10.1 Å². The second-order valence-corrected chi connectivity index (χ2v) is 6.88. The van der Waals surface area contributed by atoms with E-state index in [1.54, 1.807) is 24.3 Å². The molecule has 1 heterocycles. The number of aromatic hydroxyl groups is 1. The number of thiophene rings is 1. The summed E-state index contributed by atoms with van der Waals surface area (Å²) in [5.41, 5.74) is 0.289. The second kappa shape index (κ2) is 7.93. The van der Waals surface area contributed by atoms with Crippen LogP contribution in [0, 0.1) is 0 Å². The summed E-state index contributed by atoms with van der Waals surface area (Å²) in [5, 5.41) is 14.0. The predicted octanol–water partition coefficient (Wildman–Crippen LogP) is 5.39. The number of alkyl halides is 3. The largest absolute Gasteiger partial charge is 0.506 e. The zero-order chi connectivity index (χ0) is 20.3. The molecule has 28 heavy (non-hydrogen) atoms. The van der Waals surface area contributed by atoms with Gasteiger partial charge in [0.15, 0.2) is 0 Å². The summed E-state index contributed by atoms with van der Waals surface area (Å²) < 4.78 is 43.9. The fraction of sp³-hybridized carbons (Fsp3) is 0.150. The molecule has 3 rings (SSSR count). The van der Waals surface area contributed by atoms with Crippen LogP contribution in [0.5, 0.6) is 5.75 Å². The van der Waals surface area contributed by atoms with Crippen molar-refractivity contribution in [2.45, 2.75) is 6.18 Å². The van der Waals surface area contributed by atoms with Crippen LogP contribution in [0.2, 0.25) is 0 Å². The lowest BCUT2D eigenvalue weighted by atomic mass is 10.0. The van der Waals surface area contributed by atoms with E-state index in [4.69, 9.17) is 0 Å². The van der Waals surface area contributed by atoms with Gasteiger partial charge in [-0.15, -0.1) is 11.3 Å². The summed E-state index contributed by atoms with van der Waals surface area (Å²) in [5.74, 6) is -0.688. The van der Waals surface area contributed by atoms with Gasteiger partial charge in [-0.1, -0.05) is 42.5 Å². The number of halogens is 3. The highest BCUT2D eigenvalue weighted by molar-refractivity contribution is 7.20. The van der Waals surface area contributed by atoms with Crippen LogP contribution in [-0.2, 0) is 15.7 Å². The quantitative estimate of drug-likeness (QED) is 0.557. The highest BCUT2D eigenvalue weighted by atomic mass is 32.1. The van der Waals surface area contributed by atoms with Gasteiger partial charge in [0, 0.05) is 0 Å². The Morgan fingerprint density at radius 1 is 1.11 bits per heavy atom. The number of carbonyl (C=O) groups is 1. The Balaban J connectivity index is 2.13. The topological polar surface area (TPSA) is 58.6 Å². The molecule has 146 valence electrons. The fourth-order valence-electron chi connectivity index (χ4n) is 2.68. The summed E-state index contributed by atoms with van der Waals surface area (Å²) in [6.45, 7) is -0.184. The number of esters is 1. The maximum atomic E-state index is 13.1. The number of rotatable bonds is 5. The maximum absolute atomic E-state index is 13.1. The van der Waals surface area contributed by atoms with E-state index in [1.807, 2.05) is 6.07 Å². The molecule has 0 radical (unpaired) electrons. The molecular formula is C20H16F3NO3S. The van der Waals surface area contributed by atoms with Gasteiger partial charge in [0.1, 0.15) is 17.3 Å². The van der Waals surface area contributed by atoms with Gasteiger partial charge in [0.25, 0.3) is 0 Å². The molecule has 0 aliphatic heterocycles. The molecule has 3 aromatic rings. The van der Waals surface area contributed by atoms with Crippen LogP contribution < -0.4 is 5.32 Å². The van der Waals surface area contributed by atoms with Crippen molar-refractivity contribution in [3.05, 3.63) is 60.2 Å². The smallest absolute Gasteiger partial charge is 0.416 e. The Hall–Kier alpha value is -3.00. The van der Waals surface area contributed by atoms with Gasteiger partial charge in [0.05, 0.1) is 23.1 Å². The highest BCUT2D eigenvalue weighted by Crippen LogP contribution is 2.50. The molecule has 0 saturated carbocycles. The molecule has 0 saturated heterocycles. The molecule has 0 aliphatic carbocycles. The van der Waals surface area contributed by atoms with Gasteiger partial charge >= 0.3 is 12.1 Å². The normalized spacial score (nSPS) is 11.3. The molecular weight excluding hydrogens is 391 g/mol. The molecule has 1 aromatic heterocycles. The molecule has 0 spiro atoms. The molecule has 0 atom stereocenters. The minimum Gasteiger partial charge on any atom is -0.506 e. The zero-order valence-corrected chi connectivity index (χ0v) is 15.5. The van der Waals surface area contributed by atoms with Crippen LogP contribution in [0.3, 0.4) is 0 Å². The molecule has 0 amide bonds. The summed E-state index contributed by atoms with van der Waals surface area (Å²) in [4.78, 5) is 12.0. The van der Waals surface area contributed by atoms with Crippen molar-refractivity contribution in [2.24, 2.45) is 0 Å². The molecule has 0 bridgehead atoms. The maximum Gasteiger partial charge on any atom is 0.416 e. The predicted molar refractivity (Wildman–Crippen MR) is 102 cm³/mol. The third-order valence-electron chi connectivity index (χ3n) is 4.02. The monoisotopic (exact) mass is 407 g/mol. The van der Waals surface area contributed by atoms with Crippen molar-refractivity contribution in [3.8, 4) is 27.3 Å². The van der Waals surface area contributed by atoms with E-state index in [1.165, 1.54) is 19.2 Å². The first-order valence-electron chi connectivity index (χ1n) is 8.20. The lowest BCUT2D eigenvalue weighted by Crippen LogP contribution is -2.14. The molecule has 2 aromatic carbocycles. The highest BCUT2D eigenvalue weighted by Gasteiger charge is 2.31. The van der Waals surface area contributed by atoms with Crippen LogP contribution in [0.1, 0.15) is 5.56 Å². The van der Waals surface area contributed by atoms with E-state index in [-0.39, 0.29) is 23.4 Å². The number of anilines is 1. The Morgan fingerprint density at radius 3 is 2.43 bits per heavy atom. The number of methoxy groups -OCH3 is 1. The van der Waals surface area contributed by atoms with Gasteiger partial charge < -0.3 is 15.2 Å². The van der Waals surface area contributed by atoms with E-state index < -0.39 is 17.7 Å². The van der Waals surface area contributed by atoms with Gasteiger partial charge in [-0.25, -0.2) is 0 Å². The van der Waals surface area contributed by atoms with Gasteiger partial charge in [-0.3, -0.25) is 4.79 Å². The lowest BCUT2D eigenvalue weighted by molar-refractivity contribution is -0.139. The van der Waals surface area contributed by atoms with Crippen molar-refractivity contribution < 1.29 is 27.8 Å². The van der Waals surface area contributed by atoms with Crippen LogP contribution in [-0.4, -0.2) is 24.7 Å². The van der Waals surface area contributed by atoms with Gasteiger partial charge in [-0.2, -0.15) is 13.2 Å². The lowest BCUT2D eigenvalue weighted by Gasteiger charge is -2.11. The summed E-state index contributed by atoms with van der Waals surface area (Å²) in [7, 11) is 1.24. The second-order valence-electron chi connectivity index (χ2n) is 5.86. The molecule has 0 aliphatic rings. The van der Waals surface area contributed by atoms with Crippen LogP contribution in [0.4, 0.5) is 18.2 Å². The molecule has 0 fully saturated rings. The van der Waals surface area contributed by atoms with Crippen LogP contribution >= 0.6 is 11.3 Å². The van der Waals surface area contributed by atoms with Gasteiger partial charge in [0.2, 0.25) is 0 Å². The molecule has 4 nitrogen and oxygen atoms in total.